The zero-order valence-electron chi connectivity index (χ0n) is 8.92. The molecule has 0 spiro atoms. The number of aromatic nitrogens is 1. The van der Waals surface area contributed by atoms with Gasteiger partial charge in [-0.15, -0.1) is 0 Å². The summed E-state index contributed by atoms with van der Waals surface area (Å²) in [5.74, 6) is -0.511. The first-order valence-corrected chi connectivity index (χ1v) is 5.63. The molecular formula is C12H6Cl2FN3. The van der Waals surface area contributed by atoms with E-state index in [1.807, 2.05) is 6.07 Å². The average Bonchev–Trinajstić information content (AvgIpc) is 2.34. The molecule has 18 heavy (non-hydrogen) atoms. The highest BCUT2D eigenvalue weighted by atomic mass is 35.5. The fourth-order valence-electron chi connectivity index (χ4n) is 1.38. The van der Waals surface area contributed by atoms with Gasteiger partial charge in [0.1, 0.15) is 17.6 Å². The van der Waals surface area contributed by atoms with Crippen molar-refractivity contribution in [2.24, 2.45) is 0 Å². The van der Waals surface area contributed by atoms with E-state index in [4.69, 9.17) is 28.5 Å². The standard InChI is InChI=1S/C12H6Cl2FN3/c13-10-3-7(15)4-11(14)12(10)18-8-1-2-17-9(5-8)6-16/h1-5H,(H,17,18). The minimum atomic E-state index is -0.511. The number of nitriles is 1. The van der Waals surface area contributed by atoms with Crippen molar-refractivity contribution in [3.05, 3.63) is 52.0 Å². The van der Waals surface area contributed by atoms with E-state index in [-0.39, 0.29) is 15.7 Å². The van der Waals surface area contributed by atoms with Gasteiger partial charge in [-0.05, 0) is 24.3 Å². The van der Waals surface area contributed by atoms with Gasteiger partial charge in [0.25, 0.3) is 0 Å². The van der Waals surface area contributed by atoms with Crippen LogP contribution in [0.4, 0.5) is 15.8 Å². The highest BCUT2D eigenvalue weighted by Crippen LogP contribution is 2.33. The van der Waals surface area contributed by atoms with Crippen LogP contribution in [0.5, 0.6) is 0 Å². The van der Waals surface area contributed by atoms with E-state index in [9.17, 15) is 4.39 Å². The Hall–Kier alpha value is -1.83. The molecule has 0 aliphatic heterocycles. The van der Waals surface area contributed by atoms with Crippen molar-refractivity contribution in [1.82, 2.24) is 4.98 Å². The zero-order valence-corrected chi connectivity index (χ0v) is 10.4. The van der Waals surface area contributed by atoms with Gasteiger partial charge < -0.3 is 5.32 Å². The lowest BCUT2D eigenvalue weighted by Gasteiger charge is -2.10. The van der Waals surface area contributed by atoms with Crippen LogP contribution in [-0.4, -0.2) is 4.98 Å². The number of nitrogens with one attached hydrogen (secondary N) is 1. The monoisotopic (exact) mass is 281 g/mol. The summed E-state index contributed by atoms with van der Waals surface area (Å²) < 4.78 is 13.0. The van der Waals surface area contributed by atoms with E-state index in [1.165, 1.54) is 12.3 Å². The first-order valence-electron chi connectivity index (χ1n) is 4.88. The molecule has 2 aromatic rings. The first kappa shape index (κ1) is 12.6. The van der Waals surface area contributed by atoms with E-state index >= 15 is 0 Å². The largest absolute Gasteiger partial charge is 0.353 e. The molecule has 1 aromatic heterocycles. The molecular weight excluding hydrogens is 276 g/mol. The quantitative estimate of drug-likeness (QED) is 0.900. The first-order chi connectivity index (χ1) is 8.60. The summed E-state index contributed by atoms with van der Waals surface area (Å²) in [6.07, 6.45) is 1.48. The maximum atomic E-state index is 13.0. The molecule has 1 heterocycles. The number of rotatable bonds is 2. The molecule has 0 saturated carbocycles. The number of nitrogens with zero attached hydrogens (tertiary/aromatic N) is 2. The minimum absolute atomic E-state index is 0.162. The molecule has 0 bridgehead atoms. The maximum Gasteiger partial charge on any atom is 0.142 e. The molecule has 6 heteroatoms. The lowest BCUT2D eigenvalue weighted by molar-refractivity contribution is 0.628. The van der Waals surface area contributed by atoms with Crippen LogP contribution in [0.15, 0.2) is 30.5 Å². The summed E-state index contributed by atoms with van der Waals surface area (Å²) >= 11 is 11.8. The maximum absolute atomic E-state index is 13.0. The van der Waals surface area contributed by atoms with Crippen LogP contribution in [0, 0.1) is 17.1 Å². The van der Waals surface area contributed by atoms with Gasteiger partial charge in [-0.2, -0.15) is 5.26 Å². The second-order valence-corrected chi connectivity index (χ2v) is 4.23. The minimum Gasteiger partial charge on any atom is -0.353 e. The van der Waals surface area contributed by atoms with Crippen LogP contribution >= 0.6 is 23.2 Å². The van der Waals surface area contributed by atoms with Gasteiger partial charge >= 0.3 is 0 Å². The Morgan fingerprint density at radius 3 is 2.50 bits per heavy atom. The second-order valence-electron chi connectivity index (χ2n) is 3.41. The van der Waals surface area contributed by atoms with Crippen molar-refractivity contribution in [2.75, 3.05) is 5.32 Å². The Morgan fingerprint density at radius 1 is 1.22 bits per heavy atom. The third kappa shape index (κ3) is 2.70. The molecule has 0 fully saturated rings. The SMILES string of the molecule is N#Cc1cc(Nc2c(Cl)cc(F)cc2Cl)ccn1. The van der Waals surface area contributed by atoms with Crippen LogP contribution in [-0.2, 0) is 0 Å². The van der Waals surface area contributed by atoms with E-state index < -0.39 is 5.82 Å². The van der Waals surface area contributed by atoms with Gasteiger partial charge in [0.05, 0.1) is 15.7 Å². The van der Waals surface area contributed by atoms with E-state index in [1.54, 1.807) is 6.07 Å². The van der Waals surface area contributed by atoms with Gasteiger partial charge in [-0.3, -0.25) is 0 Å². The van der Waals surface area contributed by atoms with Crippen LogP contribution in [0.1, 0.15) is 5.69 Å². The molecule has 0 aliphatic carbocycles. The third-order valence-electron chi connectivity index (χ3n) is 2.15. The number of hydrogen-bond donors (Lipinski definition) is 1. The molecule has 0 unspecified atom stereocenters. The lowest BCUT2D eigenvalue weighted by atomic mass is 10.2. The Morgan fingerprint density at radius 2 is 1.89 bits per heavy atom. The van der Waals surface area contributed by atoms with Gasteiger partial charge in [0, 0.05) is 11.9 Å². The zero-order chi connectivity index (χ0) is 13.1. The Balaban J connectivity index is 2.37. The molecule has 1 N–H and O–H groups in total. The summed E-state index contributed by atoms with van der Waals surface area (Å²) in [5.41, 5.74) is 1.24. The van der Waals surface area contributed by atoms with Crippen molar-refractivity contribution in [1.29, 1.82) is 5.26 Å². The fraction of sp³-hybridized carbons (Fsp3) is 0. The fourth-order valence-corrected chi connectivity index (χ4v) is 1.93. The van der Waals surface area contributed by atoms with E-state index in [0.717, 1.165) is 12.1 Å². The van der Waals surface area contributed by atoms with E-state index in [2.05, 4.69) is 10.3 Å². The molecule has 3 nitrogen and oxygen atoms in total. The van der Waals surface area contributed by atoms with Crippen LogP contribution in [0.3, 0.4) is 0 Å². The number of pyridine rings is 1. The van der Waals surface area contributed by atoms with Crippen molar-refractivity contribution >= 4 is 34.6 Å². The number of benzene rings is 1. The predicted molar refractivity (Wildman–Crippen MR) is 68.7 cm³/mol. The summed E-state index contributed by atoms with van der Waals surface area (Å²) in [4.78, 5) is 3.83. The molecule has 0 saturated heterocycles. The summed E-state index contributed by atoms with van der Waals surface area (Å²) in [7, 11) is 0. The average molecular weight is 282 g/mol. The normalized spacial score (nSPS) is 9.89. The molecule has 0 aliphatic rings. The number of hydrogen-bond acceptors (Lipinski definition) is 3. The lowest BCUT2D eigenvalue weighted by Crippen LogP contribution is -1.94. The predicted octanol–water partition coefficient (Wildman–Crippen LogP) is 4.14. The topological polar surface area (TPSA) is 48.7 Å². The van der Waals surface area contributed by atoms with Crippen molar-refractivity contribution in [3.63, 3.8) is 0 Å². The summed E-state index contributed by atoms with van der Waals surface area (Å²) in [5, 5.41) is 12.0. The Kier molecular flexibility index (Phi) is 3.66. The highest BCUT2D eigenvalue weighted by molar-refractivity contribution is 6.39. The molecule has 90 valence electrons. The van der Waals surface area contributed by atoms with E-state index in [0.29, 0.717) is 11.4 Å². The Labute approximate surface area is 113 Å². The van der Waals surface area contributed by atoms with Gasteiger partial charge in [0.15, 0.2) is 0 Å². The van der Waals surface area contributed by atoms with Crippen molar-refractivity contribution < 1.29 is 4.39 Å². The van der Waals surface area contributed by atoms with Gasteiger partial charge in [-0.25, -0.2) is 9.37 Å². The van der Waals surface area contributed by atoms with Crippen LogP contribution in [0.25, 0.3) is 0 Å². The third-order valence-corrected chi connectivity index (χ3v) is 2.75. The summed E-state index contributed by atoms with van der Waals surface area (Å²) in [6.45, 7) is 0. The van der Waals surface area contributed by atoms with Gasteiger partial charge in [0.2, 0.25) is 0 Å². The van der Waals surface area contributed by atoms with Crippen LogP contribution < -0.4 is 5.32 Å². The number of halogens is 3. The highest BCUT2D eigenvalue weighted by Gasteiger charge is 2.09. The molecule has 2 rings (SSSR count). The molecule has 1 aromatic carbocycles. The molecule has 0 radical (unpaired) electrons. The van der Waals surface area contributed by atoms with Crippen LogP contribution in [0.2, 0.25) is 10.0 Å². The molecule has 0 amide bonds. The number of anilines is 2. The van der Waals surface area contributed by atoms with Crippen molar-refractivity contribution in [3.8, 4) is 6.07 Å². The van der Waals surface area contributed by atoms with Crippen molar-refractivity contribution in [2.45, 2.75) is 0 Å². The smallest absolute Gasteiger partial charge is 0.142 e. The van der Waals surface area contributed by atoms with Gasteiger partial charge in [-0.1, -0.05) is 23.2 Å². The Bertz CT molecular complexity index is 614. The molecule has 0 atom stereocenters. The summed E-state index contributed by atoms with van der Waals surface area (Å²) in [6, 6.07) is 7.41. The second kappa shape index (κ2) is 5.21.